The predicted molar refractivity (Wildman–Crippen MR) is 95.8 cm³/mol. The zero-order valence-corrected chi connectivity index (χ0v) is 16.2. The van der Waals surface area contributed by atoms with Gasteiger partial charge in [-0.3, -0.25) is 0 Å². The zero-order chi connectivity index (χ0) is 17.7. The average Bonchev–Trinajstić information content (AvgIpc) is 2.58. The fourth-order valence-corrected chi connectivity index (χ4v) is 3.14. The van der Waals surface area contributed by atoms with Gasteiger partial charge in [0, 0.05) is 32.2 Å². The Morgan fingerprint density at radius 1 is 1.17 bits per heavy atom. The van der Waals surface area contributed by atoms with E-state index in [1.165, 1.54) is 0 Å². The number of nitrogens with one attached hydrogen (secondary N) is 1. The van der Waals surface area contributed by atoms with E-state index in [0.717, 1.165) is 45.4 Å². The highest BCUT2D eigenvalue weighted by Gasteiger charge is 2.26. The van der Waals surface area contributed by atoms with Gasteiger partial charge in [0.05, 0.1) is 0 Å². The van der Waals surface area contributed by atoms with Gasteiger partial charge < -0.3 is 19.9 Å². The van der Waals surface area contributed by atoms with Crippen LogP contribution in [0.4, 0.5) is 4.79 Å². The van der Waals surface area contributed by atoms with Crippen molar-refractivity contribution in [2.24, 2.45) is 5.41 Å². The number of amides is 1. The molecule has 0 aliphatic carbocycles. The Morgan fingerprint density at radius 3 is 2.39 bits per heavy atom. The molecule has 0 spiro atoms. The van der Waals surface area contributed by atoms with Crippen molar-refractivity contribution >= 4 is 6.09 Å². The first-order valence-corrected chi connectivity index (χ1v) is 8.84. The molecule has 1 saturated heterocycles. The van der Waals surface area contributed by atoms with Gasteiger partial charge in [0.15, 0.2) is 0 Å². The van der Waals surface area contributed by atoms with Crippen LogP contribution >= 0.6 is 0 Å². The van der Waals surface area contributed by atoms with Gasteiger partial charge in [-0.2, -0.15) is 0 Å². The van der Waals surface area contributed by atoms with E-state index in [1.807, 2.05) is 25.7 Å². The van der Waals surface area contributed by atoms with Crippen molar-refractivity contribution in [2.75, 3.05) is 40.3 Å². The maximum absolute atomic E-state index is 12.2. The van der Waals surface area contributed by atoms with Crippen molar-refractivity contribution in [1.29, 1.82) is 0 Å². The lowest BCUT2D eigenvalue weighted by molar-refractivity contribution is 0.0256. The minimum Gasteiger partial charge on any atom is -0.444 e. The van der Waals surface area contributed by atoms with Crippen LogP contribution in [-0.4, -0.2) is 67.8 Å². The topological polar surface area (TPSA) is 44.8 Å². The third-order valence-corrected chi connectivity index (χ3v) is 3.99. The van der Waals surface area contributed by atoms with Gasteiger partial charge in [-0.05, 0) is 59.5 Å². The highest BCUT2D eigenvalue weighted by atomic mass is 16.6. The van der Waals surface area contributed by atoms with Crippen LogP contribution in [-0.2, 0) is 4.74 Å². The second-order valence-corrected chi connectivity index (χ2v) is 8.88. The Balaban J connectivity index is 2.42. The van der Waals surface area contributed by atoms with Crippen molar-refractivity contribution in [1.82, 2.24) is 15.1 Å². The fourth-order valence-electron chi connectivity index (χ4n) is 3.14. The number of carbonyl (C=O) groups excluding carboxylic acids is 1. The van der Waals surface area contributed by atoms with Gasteiger partial charge in [-0.25, -0.2) is 4.79 Å². The standard InChI is InChI=1S/C18H37N3O2/c1-17(2,3)23-16(22)21-11-8-9-15(10-12-21)19-13-18(4,5)14-20(6)7/h15,19H,8-14H2,1-7H3. The molecule has 1 amide bonds. The lowest BCUT2D eigenvalue weighted by atomic mass is 9.92. The van der Waals surface area contributed by atoms with Gasteiger partial charge in [0.1, 0.15) is 5.60 Å². The lowest BCUT2D eigenvalue weighted by Crippen LogP contribution is -2.42. The van der Waals surface area contributed by atoms with Gasteiger partial charge in [0.25, 0.3) is 0 Å². The smallest absolute Gasteiger partial charge is 0.410 e. The molecule has 0 aromatic carbocycles. The molecule has 0 aromatic heterocycles. The molecule has 0 bridgehead atoms. The van der Waals surface area contributed by atoms with E-state index in [0.29, 0.717) is 6.04 Å². The monoisotopic (exact) mass is 327 g/mol. The average molecular weight is 328 g/mol. The van der Waals surface area contributed by atoms with Crippen LogP contribution in [0.2, 0.25) is 0 Å². The Hall–Kier alpha value is -0.810. The van der Waals surface area contributed by atoms with Crippen LogP contribution in [0.5, 0.6) is 0 Å². The number of rotatable bonds is 5. The molecular formula is C18H37N3O2. The quantitative estimate of drug-likeness (QED) is 0.843. The SMILES string of the molecule is CN(C)CC(C)(C)CNC1CCCN(C(=O)OC(C)(C)C)CC1. The summed E-state index contributed by atoms with van der Waals surface area (Å²) in [6.45, 7) is 14.0. The Bertz CT molecular complexity index is 375. The summed E-state index contributed by atoms with van der Waals surface area (Å²) in [5, 5.41) is 3.71. The van der Waals surface area contributed by atoms with Crippen molar-refractivity contribution in [3.8, 4) is 0 Å². The summed E-state index contributed by atoms with van der Waals surface area (Å²) in [6, 6.07) is 0.490. The molecule has 1 heterocycles. The molecule has 1 aliphatic rings. The van der Waals surface area contributed by atoms with Crippen LogP contribution in [0, 0.1) is 5.41 Å². The molecule has 1 rings (SSSR count). The third kappa shape index (κ3) is 8.56. The van der Waals surface area contributed by atoms with Crippen LogP contribution < -0.4 is 5.32 Å². The molecule has 0 radical (unpaired) electrons. The van der Waals surface area contributed by atoms with Crippen LogP contribution in [0.3, 0.4) is 0 Å². The molecule has 5 nitrogen and oxygen atoms in total. The summed E-state index contributed by atoms with van der Waals surface area (Å²) < 4.78 is 5.49. The molecule has 5 heteroatoms. The molecule has 1 aliphatic heterocycles. The summed E-state index contributed by atoms with van der Waals surface area (Å²) in [7, 11) is 4.23. The first-order valence-electron chi connectivity index (χ1n) is 8.84. The molecule has 0 aromatic rings. The Morgan fingerprint density at radius 2 is 1.83 bits per heavy atom. The highest BCUT2D eigenvalue weighted by molar-refractivity contribution is 5.68. The predicted octanol–water partition coefficient (Wildman–Crippen LogP) is 2.95. The first-order chi connectivity index (χ1) is 10.5. The van der Waals surface area contributed by atoms with Gasteiger partial charge >= 0.3 is 6.09 Å². The van der Waals surface area contributed by atoms with Gasteiger partial charge in [-0.1, -0.05) is 13.8 Å². The molecule has 1 N–H and O–H groups in total. The van der Waals surface area contributed by atoms with E-state index < -0.39 is 5.60 Å². The number of nitrogens with zero attached hydrogens (tertiary/aromatic N) is 2. The first kappa shape index (κ1) is 20.2. The highest BCUT2D eigenvalue weighted by Crippen LogP contribution is 2.18. The van der Waals surface area contributed by atoms with Crippen molar-refractivity contribution in [2.45, 2.75) is 65.5 Å². The van der Waals surface area contributed by atoms with E-state index in [-0.39, 0.29) is 11.5 Å². The number of likely N-dealkylation sites (tertiary alicyclic amines) is 1. The maximum atomic E-state index is 12.2. The second kappa shape index (κ2) is 8.34. The molecule has 0 saturated carbocycles. The molecule has 1 atom stereocenters. The van der Waals surface area contributed by atoms with Crippen LogP contribution in [0.15, 0.2) is 0 Å². The Labute approximate surface area is 142 Å². The number of carbonyl (C=O) groups is 1. The largest absolute Gasteiger partial charge is 0.444 e. The summed E-state index contributed by atoms with van der Waals surface area (Å²) >= 11 is 0. The van der Waals surface area contributed by atoms with Crippen molar-refractivity contribution < 1.29 is 9.53 Å². The fraction of sp³-hybridized carbons (Fsp3) is 0.944. The molecular weight excluding hydrogens is 290 g/mol. The minimum atomic E-state index is -0.419. The van der Waals surface area contributed by atoms with E-state index >= 15 is 0 Å². The lowest BCUT2D eigenvalue weighted by Gasteiger charge is -2.31. The van der Waals surface area contributed by atoms with Crippen molar-refractivity contribution in [3.63, 3.8) is 0 Å². The maximum Gasteiger partial charge on any atom is 0.410 e. The van der Waals surface area contributed by atoms with Crippen LogP contribution in [0.25, 0.3) is 0 Å². The number of hydrogen-bond acceptors (Lipinski definition) is 4. The summed E-state index contributed by atoms with van der Waals surface area (Å²) in [5.41, 5.74) is -0.169. The normalized spacial score (nSPS) is 20.5. The number of hydrogen-bond donors (Lipinski definition) is 1. The summed E-state index contributed by atoms with van der Waals surface area (Å²) in [5.74, 6) is 0. The molecule has 136 valence electrons. The molecule has 1 fully saturated rings. The minimum absolute atomic E-state index is 0.175. The number of ether oxygens (including phenoxy) is 1. The second-order valence-electron chi connectivity index (χ2n) is 8.88. The third-order valence-electron chi connectivity index (χ3n) is 3.99. The van der Waals surface area contributed by atoms with E-state index in [2.05, 4.69) is 38.2 Å². The van der Waals surface area contributed by atoms with Crippen molar-refractivity contribution in [3.05, 3.63) is 0 Å². The summed E-state index contributed by atoms with van der Waals surface area (Å²) in [6.07, 6.45) is 2.98. The van der Waals surface area contributed by atoms with E-state index in [9.17, 15) is 4.79 Å². The summed E-state index contributed by atoms with van der Waals surface area (Å²) in [4.78, 5) is 16.3. The molecule has 1 unspecified atom stereocenters. The van der Waals surface area contributed by atoms with Gasteiger partial charge in [-0.15, -0.1) is 0 Å². The zero-order valence-electron chi connectivity index (χ0n) is 16.2. The van der Waals surface area contributed by atoms with Gasteiger partial charge in [0.2, 0.25) is 0 Å². The molecule has 23 heavy (non-hydrogen) atoms. The van der Waals surface area contributed by atoms with Crippen LogP contribution in [0.1, 0.15) is 53.9 Å². The Kier molecular flexibility index (Phi) is 7.33. The van der Waals surface area contributed by atoms with E-state index in [4.69, 9.17) is 4.74 Å². The van der Waals surface area contributed by atoms with E-state index in [1.54, 1.807) is 0 Å².